The molecule has 0 unspecified atom stereocenters. The zero-order valence-corrected chi connectivity index (χ0v) is 9.10. The topological polar surface area (TPSA) is 3.24 Å². The monoisotopic (exact) mass is 200 g/mol. The van der Waals surface area contributed by atoms with E-state index in [1.54, 1.807) is 0 Å². The summed E-state index contributed by atoms with van der Waals surface area (Å²) in [6.07, 6.45) is 9.45. The van der Waals surface area contributed by atoms with Gasteiger partial charge in [-0.3, -0.25) is 4.90 Å². The van der Waals surface area contributed by atoms with E-state index in [-0.39, 0.29) is 0 Å². The minimum Gasteiger partial charge on any atom is -0.299 e. The number of benzene rings is 1. The average molecular weight is 200 g/mol. The van der Waals surface area contributed by atoms with Crippen LogP contribution in [0.15, 0.2) is 36.4 Å². The molecule has 1 fully saturated rings. The van der Waals surface area contributed by atoms with Gasteiger partial charge < -0.3 is 0 Å². The van der Waals surface area contributed by atoms with Crippen molar-refractivity contribution < 1.29 is 0 Å². The van der Waals surface area contributed by atoms with Gasteiger partial charge in [-0.25, -0.2) is 0 Å². The molecule has 1 aromatic rings. The van der Waals surface area contributed by atoms with Crippen molar-refractivity contribution in [1.82, 2.24) is 4.90 Å². The van der Waals surface area contributed by atoms with Crippen LogP contribution < -0.4 is 0 Å². The van der Waals surface area contributed by atoms with Crippen molar-refractivity contribution in [3.05, 3.63) is 48.4 Å². The summed E-state index contributed by atoms with van der Waals surface area (Å²) >= 11 is 0. The Balaban J connectivity index is 1.79. The lowest BCUT2D eigenvalue weighted by Gasteiger charge is -2.24. The van der Waals surface area contributed by atoms with E-state index >= 15 is 0 Å². The summed E-state index contributed by atoms with van der Waals surface area (Å²) in [5, 5.41) is 0. The number of nitrogens with zero attached hydrogens (tertiary/aromatic N) is 1. The minimum atomic E-state index is 1.07. The number of piperidine rings is 1. The molecule has 0 amide bonds. The van der Waals surface area contributed by atoms with E-state index in [4.69, 9.17) is 0 Å². The van der Waals surface area contributed by atoms with Crippen LogP contribution in [0.25, 0.3) is 6.08 Å². The maximum Gasteiger partial charge on any atom is 0.0166 e. The van der Waals surface area contributed by atoms with Gasteiger partial charge in [-0.1, -0.05) is 42.5 Å². The van der Waals surface area contributed by atoms with E-state index < -0.39 is 0 Å². The highest BCUT2D eigenvalue weighted by Crippen LogP contribution is 2.08. The van der Waals surface area contributed by atoms with Crippen molar-refractivity contribution in [3.8, 4) is 0 Å². The van der Waals surface area contributed by atoms with Crippen LogP contribution in [0, 0.1) is 6.42 Å². The zero-order chi connectivity index (χ0) is 10.3. The Hall–Kier alpha value is -1.08. The number of hydrogen-bond acceptors (Lipinski definition) is 1. The van der Waals surface area contributed by atoms with Crippen LogP contribution in [-0.2, 0) is 0 Å². The van der Waals surface area contributed by atoms with Crippen LogP contribution in [0.2, 0.25) is 0 Å². The van der Waals surface area contributed by atoms with Gasteiger partial charge in [0.15, 0.2) is 0 Å². The highest BCUT2D eigenvalue weighted by Gasteiger charge is 2.07. The summed E-state index contributed by atoms with van der Waals surface area (Å²) in [6, 6.07) is 10.5. The third-order valence-corrected chi connectivity index (χ3v) is 2.74. The molecule has 15 heavy (non-hydrogen) atoms. The van der Waals surface area contributed by atoms with Gasteiger partial charge >= 0.3 is 0 Å². The molecule has 1 saturated heterocycles. The third-order valence-electron chi connectivity index (χ3n) is 2.74. The molecule has 1 nitrogen and oxygen atoms in total. The molecule has 0 N–H and O–H groups in total. The van der Waals surface area contributed by atoms with Crippen LogP contribution in [0.3, 0.4) is 0 Å². The van der Waals surface area contributed by atoms with Gasteiger partial charge in [-0.2, -0.15) is 0 Å². The second-order valence-corrected chi connectivity index (χ2v) is 4.00. The van der Waals surface area contributed by atoms with E-state index in [1.807, 2.05) is 0 Å². The molecule has 0 aromatic heterocycles. The minimum absolute atomic E-state index is 1.07. The van der Waals surface area contributed by atoms with Gasteiger partial charge in [0, 0.05) is 13.1 Å². The molecule has 1 aliphatic heterocycles. The van der Waals surface area contributed by atoms with Gasteiger partial charge in [0.25, 0.3) is 0 Å². The first-order valence-electron chi connectivity index (χ1n) is 5.71. The molecule has 1 radical (unpaired) electrons. The molecular weight excluding hydrogens is 182 g/mol. The molecule has 0 aliphatic carbocycles. The van der Waals surface area contributed by atoms with Crippen LogP contribution in [0.5, 0.6) is 0 Å². The van der Waals surface area contributed by atoms with E-state index in [0.29, 0.717) is 0 Å². The molecule has 2 rings (SSSR count). The highest BCUT2D eigenvalue weighted by molar-refractivity contribution is 5.48. The number of likely N-dealkylation sites (tertiary alicyclic amines) is 1. The van der Waals surface area contributed by atoms with Gasteiger partial charge in [0.1, 0.15) is 0 Å². The Kier molecular flexibility index (Phi) is 3.98. The molecule has 1 heteroatoms. The second-order valence-electron chi connectivity index (χ2n) is 4.00. The summed E-state index contributed by atoms with van der Waals surface area (Å²) < 4.78 is 0. The summed E-state index contributed by atoms with van der Waals surface area (Å²) in [7, 11) is 0. The Morgan fingerprint density at radius 3 is 2.80 bits per heavy atom. The normalized spacial score (nSPS) is 18.4. The lowest BCUT2D eigenvalue weighted by molar-refractivity contribution is 0.290. The van der Waals surface area contributed by atoms with Crippen molar-refractivity contribution in [2.24, 2.45) is 0 Å². The molecule has 0 atom stereocenters. The molecule has 0 bridgehead atoms. The van der Waals surface area contributed by atoms with E-state index in [0.717, 1.165) is 13.1 Å². The largest absolute Gasteiger partial charge is 0.299 e. The van der Waals surface area contributed by atoms with Crippen molar-refractivity contribution in [2.45, 2.75) is 12.8 Å². The first-order chi connectivity index (χ1) is 7.45. The lowest BCUT2D eigenvalue weighted by atomic mass is 10.1. The predicted octanol–water partition coefficient (Wildman–Crippen LogP) is 3.00. The quantitative estimate of drug-likeness (QED) is 0.725. The van der Waals surface area contributed by atoms with Crippen LogP contribution >= 0.6 is 0 Å². The van der Waals surface area contributed by atoms with Gasteiger partial charge in [-0.15, -0.1) is 0 Å². The molecule has 1 heterocycles. The van der Waals surface area contributed by atoms with Gasteiger partial charge in [0.05, 0.1) is 0 Å². The van der Waals surface area contributed by atoms with Crippen molar-refractivity contribution in [1.29, 1.82) is 0 Å². The predicted molar refractivity (Wildman–Crippen MR) is 65.5 cm³/mol. The van der Waals surface area contributed by atoms with Gasteiger partial charge in [0.2, 0.25) is 0 Å². The van der Waals surface area contributed by atoms with Crippen LogP contribution in [0.1, 0.15) is 18.4 Å². The van der Waals surface area contributed by atoms with E-state index in [2.05, 4.69) is 53.8 Å². The maximum atomic E-state index is 2.48. The fourth-order valence-electron chi connectivity index (χ4n) is 1.89. The number of rotatable bonds is 3. The first-order valence-corrected chi connectivity index (χ1v) is 5.71. The van der Waals surface area contributed by atoms with E-state index in [9.17, 15) is 0 Å². The highest BCUT2D eigenvalue weighted by atomic mass is 15.1. The Bertz CT molecular complexity index is 296. The van der Waals surface area contributed by atoms with Crippen molar-refractivity contribution in [2.75, 3.05) is 19.6 Å². The summed E-state index contributed by atoms with van der Waals surface area (Å²) in [4.78, 5) is 2.48. The SMILES string of the molecule is [CH]1CCCN(CC=Cc2ccccc2)C1. The third kappa shape index (κ3) is 3.52. The smallest absolute Gasteiger partial charge is 0.0166 e. The van der Waals surface area contributed by atoms with Crippen LogP contribution in [0.4, 0.5) is 0 Å². The molecule has 1 aromatic carbocycles. The van der Waals surface area contributed by atoms with E-state index in [1.165, 1.54) is 24.9 Å². The Labute approximate surface area is 92.4 Å². The summed E-state index contributed by atoms with van der Waals surface area (Å²) in [5.74, 6) is 0. The maximum absolute atomic E-state index is 2.48. The number of hydrogen-bond donors (Lipinski definition) is 0. The molecule has 0 saturated carbocycles. The zero-order valence-electron chi connectivity index (χ0n) is 9.10. The van der Waals surface area contributed by atoms with Gasteiger partial charge in [-0.05, 0) is 31.4 Å². The first kappa shape index (κ1) is 10.4. The standard InChI is InChI=1S/C14H18N/c1-3-8-14(9-4-1)10-7-13-15-11-5-2-6-12-15/h1,3-5,7-10H,2,6,11-13H2. The molecule has 0 spiro atoms. The fraction of sp³-hybridized carbons (Fsp3) is 0.357. The fourth-order valence-corrected chi connectivity index (χ4v) is 1.89. The lowest BCUT2D eigenvalue weighted by Crippen LogP contribution is -2.29. The Morgan fingerprint density at radius 2 is 2.07 bits per heavy atom. The molecular formula is C14H18N. The molecule has 79 valence electrons. The van der Waals surface area contributed by atoms with Crippen LogP contribution in [-0.4, -0.2) is 24.5 Å². The average Bonchev–Trinajstić information content (AvgIpc) is 2.32. The summed E-state index contributed by atoms with van der Waals surface area (Å²) in [6.45, 7) is 3.47. The van der Waals surface area contributed by atoms with Crippen molar-refractivity contribution in [3.63, 3.8) is 0 Å². The second kappa shape index (κ2) is 5.72. The summed E-state index contributed by atoms with van der Waals surface area (Å²) in [5.41, 5.74) is 1.29. The Morgan fingerprint density at radius 1 is 1.20 bits per heavy atom. The molecule has 1 aliphatic rings. The van der Waals surface area contributed by atoms with Crippen molar-refractivity contribution >= 4 is 6.08 Å².